The zero-order valence-electron chi connectivity index (χ0n) is 8.71. The second kappa shape index (κ2) is 4.02. The largest absolute Gasteiger partial charge is 0.493 e. The lowest BCUT2D eigenvalue weighted by atomic mass is 10.1. The Morgan fingerprint density at radius 2 is 2.40 bits per heavy atom. The standard InChI is InChI=1S/C10H15N3O2/c1-6-9(14)12-8(13-10(6)15)5-7-3-2-4-11-7/h7,11H,2-5H2,1H3,(H2,12,13,14,15). The Labute approximate surface area is 87.6 Å². The number of nitrogens with zero attached hydrogens (tertiary/aromatic N) is 1. The molecule has 0 amide bonds. The van der Waals surface area contributed by atoms with Crippen LogP contribution in [0.3, 0.4) is 0 Å². The molecule has 0 spiro atoms. The van der Waals surface area contributed by atoms with Crippen LogP contribution in [0.1, 0.15) is 24.2 Å². The Kier molecular flexibility index (Phi) is 2.73. The monoisotopic (exact) mass is 209 g/mol. The Bertz CT molecular complexity index is 408. The molecule has 5 heteroatoms. The molecule has 1 aromatic heterocycles. The van der Waals surface area contributed by atoms with E-state index in [4.69, 9.17) is 0 Å². The smallest absolute Gasteiger partial charge is 0.257 e. The summed E-state index contributed by atoms with van der Waals surface area (Å²) in [6.45, 7) is 2.57. The van der Waals surface area contributed by atoms with E-state index >= 15 is 0 Å². The van der Waals surface area contributed by atoms with E-state index in [2.05, 4.69) is 15.3 Å². The van der Waals surface area contributed by atoms with E-state index < -0.39 is 0 Å². The third-order valence-corrected chi connectivity index (χ3v) is 2.78. The Morgan fingerprint density at radius 1 is 1.60 bits per heavy atom. The molecule has 1 aliphatic rings. The first-order valence-corrected chi connectivity index (χ1v) is 5.19. The van der Waals surface area contributed by atoms with Gasteiger partial charge in [-0.15, -0.1) is 0 Å². The lowest BCUT2D eigenvalue weighted by Gasteiger charge is -2.09. The zero-order chi connectivity index (χ0) is 10.8. The van der Waals surface area contributed by atoms with Crippen LogP contribution in [0.5, 0.6) is 5.88 Å². The summed E-state index contributed by atoms with van der Waals surface area (Å²) in [6.07, 6.45) is 2.92. The molecule has 0 radical (unpaired) electrons. The summed E-state index contributed by atoms with van der Waals surface area (Å²) in [5.74, 6) is 0.397. The van der Waals surface area contributed by atoms with Gasteiger partial charge in [0.15, 0.2) is 0 Å². The van der Waals surface area contributed by atoms with Crippen molar-refractivity contribution in [2.75, 3.05) is 6.54 Å². The van der Waals surface area contributed by atoms with Crippen LogP contribution in [0.15, 0.2) is 4.79 Å². The fourth-order valence-electron chi connectivity index (χ4n) is 1.83. The van der Waals surface area contributed by atoms with Crippen LogP contribution < -0.4 is 10.9 Å². The number of nitrogens with one attached hydrogen (secondary N) is 2. The first kappa shape index (κ1) is 10.2. The highest BCUT2D eigenvalue weighted by atomic mass is 16.3. The van der Waals surface area contributed by atoms with Gasteiger partial charge in [-0.3, -0.25) is 4.79 Å². The minimum absolute atomic E-state index is 0.160. The Hall–Kier alpha value is -1.36. The predicted octanol–water partition coefficient (Wildman–Crippen LogP) is 0.0784. The highest BCUT2D eigenvalue weighted by molar-refractivity contribution is 5.20. The molecule has 3 N–H and O–H groups in total. The summed E-state index contributed by atoms with van der Waals surface area (Å²) in [7, 11) is 0. The second-order valence-corrected chi connectivity index (χ2v) is 3.96. The van der Waals surface area contributed by atoms with Gasteiger partial charge in [-0.05, 0) is 26.3 Å². The molecule has 2 heterocycles. The van der Waals surface area contributed by atoms with Gasteiger partial charge < -0.3 is 15.4 Å². The lowest BCUT2D eigenvalue weighted by Crippen LogP contribution is -2.26. The molecule has 0 aromatic carbocycles. The van der Waals surface area contributed by atoms with Crippen molar-refractivity contribution in [1.82, 2.24) is 15.3 Å². The van der Waals surface area contributed by atoms with Crippen molar-refractivity contribution in [2.45, 2.75) is 32.2 Å². The van der Waals surface area contributed by atoms with Crippen LogP contribution in [0, 0.1) is 6.92 Å². The quantitative estimate of drug-likeness (QED) is 0.644. The molecule has 0 aliphatic carbocycles. The number of rotatable bonds is 2. The topological polar surface area (TPSA) is 78.0 Å². The van der Waals surface area contributed by atoms with Gasteiger partial charge in [0.25, 0.3) is 5.56 Å². The van der Waals surface area contributed by atoms with E-state index in [1.165, 1.54) is 0 Å². The van der Waals surface area contributed by atoms with Gasteiger partial charge in [-0.25, -0.2) is 4.98 Å². The van der Waals surface area contributed by atoms with Crippen molar-refractivity contribution < 1.29 is 5.11 Å². The van der Waals surface area contributed by atoms with E-state index in [-0.39, 0.29) is 17.0 Å². The van der Waals surface area contributed by atoms with E-state index in [1.54, 1.807) is 6.92 Å². The highest BCUT2D eigenvalue weighted by Gasteiger charge is 2.16. The minimum Gasteiger partial charge on any atom is -0.493 e. The summed E-state index contributed by atoms with van der Waals surface area (Å²) in [4.78, 5) is 18.0. The predicted molar refractivity (Wildman–Crippen MR) is 56.0 cm³/mol. The first-order valence-electron chi connectivity index (χ1n) is 5.19. The molecule has 82 valence electrons. The van der Waals surface area contributed by atoms with E-state index in [9.17, 15) is 9.90 Å². The fourth-order valence-corrected chi connectivity index (χ4v) is 1.83. The number of hydrogen-bond acceptors (Lipinski definition) is 4. The van der Waals surface area contributed by atoms with Crippen molar-refractivity contribution >= 4 is 0 Å². The van der Waals surface area contributed by atoms with Gasteiger partial charge in [0.2, 0.25) is 5.88 Å². The Balaban J connectivity index is 2.18. The summed E-state index contributed by atoms with van der Waals surface area (Å²) in [5, 5.41) is 12.7. The van der Waals surface area contributed by atoms with Crippen molar-refractivity contribution in [1.29, 1.82) is 0 Å². The highest BCUT2D eigenvalue weighted by Crippen LogP contribution is 2.11. The molecule has 1 atom stereocenters. The van der Waals surface area contributed by atoms with Gasteiger partial charge in [-0.1, -0.05) is 0 Å². The van der Waals surface area contributed by atoms with Crippen molar-refractivity contribution in [2.24, 2.45) is 0 Å². The molecule has 1 unspecified atom stereocenters. The SMILES string of the molecule is Cc1c(O)nc(CC2CCCN2)[nH]c1=O. The number of aromatic hydroxyl groups is 1. The van der Waals surface area contributed by atoms with Gasteiger partial charge in [0.1, 0.15) is 5.82 Å². The fraction of sp³-hybridized carbons (Fsp3) is 0.600. The maximum Gasteiger partial charge on any atom is 0.257 e. The van der Waals surface area contributed by atoms with Crippen molar-refractivity contribution in [3.05, 3.63) is 21.7 Å². The van der Waals surface area contributed by atoms with E-state index in [0.717, 1.165) is 19.4 Å². The molecule has 0 saturated carbocycles. The van der Waals surface area contributed by atoms with Crippen LogP contribution in [-0.2, 0) is 6.42 Å². The van der Waals surface area contributed by atoms with Crippen LogP contribution in [0.2, 0.25) is 0 Å². The third kappa shape index (κ3) is 2.18. The van der Waals surface area contributed by atoms with Gasteiger partial charge >= 0.3 is 0 Å². The van der Waals surface area contributed by atoms with Crippen LogP contribution in [0.4, 0.5) is 0 Å². The maximum atomic E-state index is 11.4. The number of hydrogen-bond donors (Lipinski definition) is 3. The average molecular weight is 209 g/mol. The third-order valence-electron chi connectivity index (χ3n) is 2.78. The second-order valence-electron chi connectivity index (χ2n) is 3.96. The molecular formula is C10H15N3O2. The lowest BCUT2D eigenvalue weighted by molar-refractivity contribution is 0.440. The van der Waals surface area contributed by atoms with Gasteiger partial charge in [0.05, 0.1) is 5.56 Å². The number of H-pyrrole nitrogens is 1. The molecule has 1 fully saturated rings. The Morgan fingerprint density at radius 3 is 3.00 bits per heavy atom. The normalized spacial score (nSPS) is 20.7. The molecule has 5 nitrogen and oxygen atoms in total. The van der Waals surface area contributed by atoms with Crippen molar-refractivity contribution in [3.8, 4) is 5.88 Å². The minimum atomic E-state index is -0.254. The molecule has 0 bridgehead atoms. The summed E-state index contributed by atoms with van der Waals surface area (Å²) < 4.78 is 0. The number of aromatic nitrogens is 2. The first-order chi connectivity index (χ1) is 7.16. The number of aromatic amines is 1. The molecule has 1 aliphatic heterocycles. The summed E-state index contributed by atoms with van der Waals surface area (Å²) in [6, 6.07) is 0.371. The van der Waals surface area contributed by atoms with Crippen molar-refractivity contribution in [3.63, 3.8) is 0 Å². The van der Waals surface area contributed by atoms with E-state index in [1.807, 2.05) is 0 Å². The van der Waals surface area contributed by atoms with Gasteiger partial charge in [-0.2, -0.15) is 0 Å². The van der Waals surface area contributed by atoms with E-state index in [0.29, 0.717) is 18.3 Å². The van der Waals surface area contributed by atoms with Crippen LogP contribution in [0.25, 0.3) is 0 Å². The summed E-state index contributed by atoms with van der Waals surface area (Å²) >= 11 is 0. The zero-order valence-corrected chi connectivity index (χ0v) is 8.71. The van der Waals surface area contributed by atoms with Gasteiger partial charge in [0, 0.05) is 12.5 Å². The maximum absolute atomic E-state index is 11.4. The molecule has 2 rings (SSSR count). The molecule has 1 aromatic rings. The summed E-state index contributed by atoms with van der Waals surface area (Å²) in [5.41, 5.74) is 0.0219. The molecule has 1 saturated heterocycles. The van der Waals surface area contributed by atoms with Crippen LogP contribution >= 0.6 is 0 Å². The molecular weight excluding hydrogens is 194 g/mol. The average Bonchev–Trinajstić information content (AvgIpc) is 2.66. The van der Waals surface area contributed by atoms with Crippen LogP contribution in [-0.4, -0.2) is 27.7 Å². The molecule has 15 heavy (non-hydrogen) atoms.